The smallest absolute Gasteiger partial charge is 0.162 e. The van der Waals surface area contributed by atoms with E-state index in [1.54, 1.807) is 0 Å². The number of benzene rings is 1. The van der Waals surface area contributed by atoms with Crippen molar-refractivity contribution in [2.45, 2.75) is 32.9 Å². The van der Waals surface area contributed by atoms with Crippen molar-refractivity contribution in [1.82, 2.24) is 9.80 Å². The normalized spacial score (nSPS) is 21.6. The molecule has 0 radical (unpaired) electrons. The molecule has 4 nitrogen and oxygen atoms in total. The summed E-state index contributed by atoms with van der Waals surface area (Å²) in [6.07, 6.45) is 1.17. The third-order valence-corrected chi connectivity index (χ3v) is 3.94. The van der Waals surface area contributed by atoms with E-state index in [0.29, 0.717) is 24.1 Å². The molecule has 0 amide bonds. The topological polar surface area (TPSA) is 35.9 Å². The lowest BCUT2D eigenvalue weighted by atomic mass is 10.1. The lowest BCUT2D eigenvalue weighted by molar-refractivity contribution is 0.192. The first-order valence-corrected chi connectivity index (χ1v) is 7.48. The monoisotopic (exact) mass is 278 g/mol. The largest absolute Gasteiger partial charge is 0.504 e. The van der Waals surface area contributed by atoms with Crippen LogP contribution in [0.2, 0.25) is 0 Å². The molecule has 0 aliphatic carbocycles. The first kappa shape index (κ1) is 15.1. The Bertz CT molecular complexity index is 436. The Morgan fingerprint density at radius 3 is 2.90 bits per heavy atom. The Kier molecular flexibility index (Phi) is 5.26. The average molecular weight is 278 g/mol. The van der Waals surface area contributed by atoms with Crippen LogP contribution < -0.4 is 4.74 Å². The number of hydrogen-bond acceptors (Lipinski definition) is 4. The number of ether oxygens (including phenoxy) is 1. The van der Waals surface area contributed by atoms with Gasteiger partial charge in [0.05, 0.1) is 6.61 Å². The van der Waals surface area contributed by atoms with Crippen LogP contribution in [0.4, 0.5) is 0 Å². The van der Waals surface area contributed by atoms with Gasteiger partial charge in [-0.25, -0.2) is 0 Å². The number of hydrogen-bond donors (Lipinski definition) is 1. The first-order chi connectivity index (χ1) is 9.61. The zero-order valence-electron chi connectivity index (χ0n) is 12.8. The maximum atomic E-state index is 10.3. The van der Waals surface area contributed by atoms with Gasteiger partial charge < -0.3 is 14.7 Å². The minimum Gasteiger partial charge on any atom is -0.504 e. The van der Waals surface area contributed by atoms with Gasteiger partial charge in [-0.3, -0.25) is 4.90 Å². The minimum atomic E-state index is 0.291. The molecule has 1 aliphatic heterocycles. The van der Waals surface area contributed by atoms with Crippen molar-refractivity contribution in [3.8, 4) is 11.5 Å². The van der Waals surface area contributed by atoms with Crippen LogP contribution in [-0.2, 0) is 6.54 Å². The van der Waals surface area contributed by atoms with Crippen LogP contribution in [0.1, 0.15) is 25.8 Å². The number of para-hydroxylation sites is 1. The molecule has 1 atom stereocenters. The third-order valence-electron chi connectivity index (χ3n) is 3.94. The highest BCUT2D eigenvalue weighted by Gasteiger charge is 2.21. The van der Waals surface area contributed by atoms with Gasteiger partial charge in [0.15, 0.2) is 11.5 Å². The molecular formula is C16H26N2O2. The molecule has 1 aliphatic rings. The van der Waals surface area contributed by atoms with E-state index in [9.17, 15) is 5.11 Å². The van der Waals surface area contributed by atoms with Gasteiger partial charge in [0, 0.05) is 31.2 Å². The van der Waals surface area contributed by atoms with Crippen LogP contribution in [-0.4, -0.2) is 54.2 Å². The molecule has 1 N–H and O–H groups in total. The number of aromatic hydroxyl groups is 1. The van der Waals surface area contributed by atoms with E-state index in [-0.39, 0.29) is 0 Å². The Morgan fingerprint density at radius 1 is 1.35 bits per heavy atom. The summed E-state index contributed by atoms with van der Waals surface area (Å²) < 4.78 is 5.46. The summed E-state index contributed by atoms with van der Waals surface area (Å²) in [7, 11) is 2.17. The highest BCUT2D eigenvalue weighted by Crippen LogP contribution is 2.31. The third kappa shape index (κ3) is 3.64. The van der Waals surface area contributed by atoms with Gasteiger partial charge in [0.1, 0.15) is 0 Å². The lowest BCUT2D eigenvalue weighted by Gasteiger charge is -2.28. The SMILES string of the molecule is CCOc1cccc(CN2CCCN(C)CC2C)c1O. The highest BCUT2D eigenvalue weighted by atomic mass is 16.5. The molecule has 1 aromatic rings. The van der Waals surface area contributed by atoms with Crippen LogP contribution in [0, 0.1) is 0 Å². The number of nitrogens with zero attached hydrogens (tertiary/aromatic N) is 2. The second kappa shape index (κ2) is 6.95. The van der Waals surface area contributed by atoms with Crippen LogP contribution in [0.5, 0.6) is 11.5 Å². The van der Waals surface area contributed by atoms with Crippen molar-refractivity contribution >= 4 is 0 Å². The first-order valence-electron chi connectivity index (χ1n) is 7.48. The van der Waals surface area contributed by atoms with Crippen molar-refractivity contribution in [3.05, 3.63) is 23.8 Å². The molecule has 0 bridgehead atoms. The standard InChI is InChI=1S/C16H26N2O2/c1-4-20-15-8-5-7-14(16(15)19)12-18-10-6-9-17(3)11-13(18)2/h5,7-8,13,19H,4,6,9-12H2,1-3H3. The van der Waals surface area contributed by atoms with Gasteiger partial charge in [-0.05, 0) is 39.9 Å². The quantitative estimate of drug-likeness (QED) is 0.917. The molecule has 1 unspecified atom stereocenters. The molecule has 1 aromatic carbocycles. The predicted molar refractivity (Wildman–Crippen MR) is 81.3 cm³/mol. The zero-order valence-corrected chi connectivity index (χ0v) is 12.8. The van der Waals surface area contributed by atoms with Gasteiger partial charge in [0.2, 0.25) is 0 Å². The summed E-state index contributed by atoms with van der Waals surface area (Å²) in [6.45, 7) is 8.83. The molecule has 112 valence electrons. The van der Waals surface area contributed by atoms with E-state index in [4.69, 9.17) is 4.74 Å². The van der Waals surface area contributed by atoms with E-state index in [1.165, 1.54) is 6.42 Å². The predicted octanol–water partition coefficient (Wildman–Crippen LogP) is 2.32. The molecule has 0 aromatic heterocycles. The van der Waals surface area contributed by atoms with Crippen LogP contribution in [0.3, 0.4) is 0 Å². The van der Waals surface area contributed by atoms with Gasteiger partial charge >= 0.3 is 0 Å². The fourth-order valence-electron chi connectivity index (χ4n) is 2.84. The van der Waals surface area contributed by atoms with E-state index in [0.717, 1.165) is 31.7 Å². The van der Waals surface area contributed by atoms with Crippen LogP contribution in [0.15, 0.2) is 18.2 Å². The molecule has 4 heteroatoms. The summed E-state index contributed by atoms with van der Waals surface area (Å²) >= 11 is 0. The lowest BCUT2D eigenvalue weighted by Crippen LogP contribution is -2.37. The fraction of sp³-hybridized carbons (Fsp3) is 0.625. The number of phenolic OH excluding ortho intramolecular Hbond substituents is 1. The van der Waals surface area contributed by atoms with Crippen molar-refractivity contribution < 1.29 is 9.84 Å². The number of rotatable bonds is 4. The minimum absolute atomic E-state index is 0.291. The number of phenols is 1. The van der Waals surface area contributed by atoms with Gasteiger partial charge in [-0.2, -0.15) is 0 Å². The van der Waals surface area contributed by atoms with Gasteiger partial charge in [-0.1, -0.05) is 12.1 Å². The van der Waals surface area contributed by atoms with Crippen molar-refractivity contribution in [2.75, 3.05) is 33.3 Å². The molecule has 1 fully saturated rings. The maximum absolute atomic E-state index is 10.3. The molecule has 2 rings (SSSR count). The maximum Gasteiger partial charge on any atom is 0.162 e. The second-order valence-electron chi connectivity index (χ2n) is 5.63. The molecule has 0 spiro atoms. The highest BCUT2D eigenvalue weighted by molar-refractivity contribution is 5.45. The Labute approximate surface area is 122 Å². The summed E-state index contributed by atoms with van der Waals surface area (Å²) in [5.41, 5.74) is 0.951. The van der Waals surface area contributed by atoms with E-state index >= 15 is 0 Å². The second-order valence-corrected chi connectivity index (χ2v) is 5.63. The van der Waals surface area contributed by atoms with Crippen LogP contribution >= 0.6 is 0 Å². The molecule has 1 saturated heterocycles. The molecule has 1 heterocycles. The summed E-state index contributed by atoms with van der Waals surface area (Å²) in [6, 6.07) is 6.26. The van der Waals surface area contributed by atoms with Crippen molar-refractivity contribution in [1.29, 1.82) is 0 Å². The summed E-state index contributed by atoms with van der Waals surface area (Å²) in [4.78, 5) is 4.81. The molecule has 20 heavy (non-hydrogen) atoms. The summed E-state index contributed by atoms with van der Waals surface area (Å²) in [5, 5.41) is 10.3. The van der Waals surface area contributed by atoms with E-state index < -0.39 is 0 Å². The van der Waals surface area contributed by atoms with Crippen molar-refractivity contribution in [3.63, 3.8) is 0 Å². The number of likely N-dealkylation sites (N-methyl/N-ethyl adjacent to an activating group) is 1. The summed E-state index contributed by atoms with van der Waals surface area (Å²) in [5.74, 6) is 0.878. The molecule has 0 saturated carbocycles. The average Bonchev–Trinajstić information content (AvgIpc) is 2.56. The Hall–Kier alpha value is -1.26. The van der Waals surface area contributed by atoms with E-state index in [2.05, 4.69) is 23.8 Å². The van der Waals surface area contributed by atoms with Crippen molar-refractivity contribution in [2.24, 2.45) is 0 Å². The van der Waals surface area contributed by atoms with Gasteiger partial charge in [-0.15, -0.1) is 0 Å². The Morgan fingerprint density at radius 2 is 2.15 bits per heavy atom. The van der Waals surface area contributed by atoms with Gasteiger partial charge in [0.25, 0.3) is 0 Å². The Balaban J connectivity index is 2.10. The van der Waals surface area contributed by atoms with Crippen LogP contribution in [0.25, 0.3) is 0 Å². The van der Waals surface area contributed by atoms with E-state index in [1.807, 2.05) is 25.1 Å². The molecular weight excluding hydrogens is 252 g/mol. The zero-order chi connectivity index (χ0) is 14.5. The fourth-order valence-corrected chi connectivity index (χ4v) is 2.84.